The molecule has 9 nitrogen and oxygen atoms in total. The minimum absolute atomic E-state index is 0.0670. The highest BCUT2D eigenvalue weighted by Crippen LogP contribution is 2.42. The van der Waals surface area contributed by atoms with Gasteiger partial charge in [0.05, 0.1) is 29.6 Å². The number of carboxylic acids is 2. The quantitative estimate of drug-likeness (QED) is 0.443. The van der Waals surface area contributed by atoms with Crippen molar-refractivity contribution in [1.82, 2.24) is 14.9 Å². The zero-order valence-corrected chi connectivity index (χ0v) is 22.2. The van der Waals surface area contributed by atoms with Gasteiger partial charge >= 0.3 is 24.3 Å². The van der Waals surface area contributed by atoms with E-state index in [-0.39, 0.29) is 5.60 Å². The molecule has 0 radical (unpaired) electrons. The first-order valence-electron chi connectivity index (χ1n) is 12.0. The van der Waals surface area contributed by atoms with E-state index in [1.54, 1.807) is 23.7 Å². The highest BCUT2D eigenvalue weighted by Gasteiger charge is 2.46. The van der Waals surface area contributed by atoms with Crippen LogP contribution in [0, 0.1) is 12.8 Å². The van der Waals surface area contributed by atoms with Crippen LogP contribution in [0.3, 0.4) is 0 Å². The van der Waals surface area contributed by atoms with Gasteiger partial charge in [0.15, 0.2) is 0 Å². The summed E-state index contributed by atoms with van der Waals surface area (Å²) in [6, 6.07) is 3.88. The van der Waals surface area contributed by atoms with Gasteiger partial charge in [-0.25, -0.2) is 14.6 Å². The molecule has 1 unspecified atom stereocenters. The predicted molar refractivity (Wildman–Crippen MR) is 130 cm³/mol. The monoisotopic (exact) mass is 601 g/mol. The number of hydrogen-bond acceptors (Lipinski definition) is 8. The van der Waals surface area contributed by atoms with E-state index in [0.717, 1.165) is 64.3 Å². The first-order valence-corrected chi connectivity index (χ1v) is 12.9. The summed E-state index contributed by atoms with van der Waals surface area (Å²) in [5.41, 5.74) is 3.20. The molecule has 4 rings (SSSR count). The van der Waals surface area contributed by atoms with Crippen LogP contribution in [0.5, 0.6) is 5.75 Å². The number of carbonyl (C=O) groups is 2. The molecule has 0 aromatic carbocycles. The number of halogens is 6. The Morgan fingerprint density at radius 1 is 1.15 bits per heavy atom. The van der Waals surface area contributed by atoms with Gasteiger partial charge in [0, 0.05) is 37.3 Å². The Morgan fingerprint density at radius 2 is 1.75 bits per heavy atom. The van der Waals surface area contributed by atoms with E-state index in [1.165, 1.54) is 10.6 Å². The van der Waals surface area contributed by atoms with Crippen molar-refractivity contribution in [3.05, 3.63) is 40.6 Å². The van der Waals surface area contributed by atoms with E-state index in [2.05, 4.69) is 21.8 Å². The van der Waals surface area contributed by atoms with Crippen LogP contribution in [0.4, 0.5) is 26.3 Å². The number of hydrogen-bond donors (Lipinski definition) is 2. The molecule has 4 heterocycles. The van der Waals surface area contributed by atoms with Gasteiger partial charge in [-0.2, -0.15) is 26.3 Å². The Balaban J connectivity index is 0.000000333. The van der Waals surface area contributed by atoms with Crippen LogP contribution in [-0.2, 0) is 20.9 Å². The summed E-state index contributed by atoms with van der Waals surface area (Å²) in [5, 5.41) is 14.2. The molecule has 2 aliphatic rings. The predicted octanol–water partition coefficient (Wildman–Crippen LogP) is 4.95. The maximum atomic E-state index is 10.6. The highest BCUT2D eigenvalue weighted by molar-refractivity contribution is 7.09. The van der Waals surface area contributed by atoms with Gasteiger partial charge in [-0.3, -0.25) is 9.88 Å². The van der Waals surface area contributed by atoms with Crippen molar-refractivity contribution in [3.63, 3.8) is 0 Å². The number of likely N-dealkylation sites (tertiary alicyclic amines) is 1. The molecule has 0 amide bonds. The van der Waals surface area contributed by atoms with Gasteiger partial charge in [-0.1, -0.05) is 0 Å². The zero-order valence-electron chi connectivity index (χ0n) is 21.4. The molecule has 40 heavy (non-hydrogen) atoms. The number of aliphatic carboxylic acids is 2. The third kappa shape index (κ3) is 10.5. The largest absolute Gasteiger partial charge is 0.492 e. The van der Waals surface area contributed by atoms with Gasteiger partial charge in [-0.15, -0.1) is 11.3 Å². The molecular weight excluding hydrogens is 572 g/mol. The summed E-state index contributed by atoms with van der Waals surface area (Å²) >= 11 is 1.77. The first kappa shape index (κ1) is 33.2. The van der Waals surface area contributed by atoms with Gasteiger partial charge in [0.1, 0.15) is 5.75 Å². The van der Waals surface area contributed by atoms with Crippen LogP contribution in [0.2, 0.25) is 0 Å². The van der Waals surface area contributed by atoms with Gasteiger partial charge in [0.25, 0.3) is 0 Å². The lowest BCUT2D eigenvalue weighted by Crippen LogP contribution is -2.47. The second kappa shape index (κ2) is 14.6. The SMILES string of the molecule is Cc1ncsc1CN1CCC2(CC1)OCCC2CCOc1cccnc1.O=C(O)C(F)(F)F.O=C(O)C(F)(F)F. The third-order valence-corrected chi connectivity index (χ3v) is 7.29. The number of carboxylic acid groups (broad SMARTS) is 2. The van der Waals surface area contributed by atoms with Crippen molar-refractivity contribution >= 4 is 23.3 Å². The smallest absolute Gasteiger partial charge is 0.490 e. The molecule has 1 spiro atoms. The molecular formula is C24H29F6N3O6S. The molecule has 1 atom stereocenters. The number of rotatable bonds is 6. The Kier molecular flexibility index (Phi) is 12.1. The molecule has 2 aliphatic heterocycles. The molecule has 224 valence electrons. The standard InChI is InChI=1S/C20H27N3O2S.2C2HF3O2/c1-16-19(26-15-22-16)14-23-9-6-20(7-10-23)17(5-12-25-20)4-11-24-18-3-2-8-21-13-18;2*3-2(4,5)1(6)7/h2-3,8,13,15,17H,4-7,9-12,14H2,1H3;2*(H,6,7). The second-order valence-electron chi connectivity index (χ2n) is 8.97. The van der Waals surface area contributed by atoms with Gasteiger partial charge in [0.2, 0.25) is 0 Å². The molecule has 2 saturated heterocycles. The van der Waals surface area contributed by atoms with Crippen molar-refractivity contribution in [2.75, 3.05) is 26.3 Å². The Bertz CT molecular complexity index is 1050. The molecule has 2 aromatic heterocycles. The van der Waals surface area contributed by atoms with Crippen LogP contribution in [0.15, 0.2) is 30.0 Å². The minimum atomic E-state index is -5.08. The van der Waals surface area contributed by atoms with E-state index in [1.807, 2.05) is 17.6 Å². The summed E-state index contributed by atoms with van der Waals surface area (Å²) in [5.74, 6) is -4.05. The van der Waals surface area contributed by atoms with Gasteiger partial charge < -0.3 is 19.7 Å². The lowest BCUT2D eigenvalue weighted by atomic mass is 9.78. The summed E-state index contributed by atoms with van der Waals surface area (Å²) < 4.78 is 75.6. The Morgan fingerprint density at radius 3 is 2.23 bits per heavy atom. The van der Waals surface area contributed by atoms with Crippen LogP contribution < -0.4 is 4.74 Å². The number of alkyl halides is 6. The highest BCUT2D eigenvalue weighted by atomic mass is 32.1. The number of ether oxygens (including phenoxy) is 2. The van der Waals surface area contributed by atoms with Crippen molar-refractivity contribution in [1.29, 1.82) is 0 Å². The summed E-state index contributed by atoms with van der Waals surface area (Å²) in [4.78, 5) is 30.2. The summed E-state index contributed by atoms with van der Waals surface area (Å²) in [6.45, 7) is 6.99. The average molecular weight is 602 g/mol. The molecule has 0 bridgehead atoms. The number of piperidine rings is 1. The molecule has 2 fully saturated rings. The fourth-order valence-electron chi connectivity index (χ4n) is 4.27. The number of thiazole rings is 1. The van der Waals surface area contributed by atoms with Crippen molar-refractivity contribution in [2.24, 2.45) is 5.92 Å². The number of nitrogens with zero attached hydrogens (tertiary/aromatic N) is 3. The molecule has 2 N–H and O–H groups in total. The molecule has 16 heteroatoms. The molecule has 2 aromatic rings. The maximum absolute atomic E-state index is 10.6. The minimum Gasteiger partial charge on any atom is -0.492 e. The third-order valence-electron chi connectivity index (χ3n) is 6.37. The molecule has 0 saturated carbocycles. The fourth-order valence-corrected chi connectivity index (χ4v) is 5.09. The lowest BCUT2D eigenvalue weighted by molar-refractivity contribution is -0.193. The molecule has 0 aliphatic carbocycles. The number of aromatic nitrogens is 2. The Labute approximate surface area is 229 Å². The van der Waals surface area contributed by atoms with E-state index in [4.69, 9.17) is 29.3 Å². The van der Waals surface area contributed by atoms with Crippen molar-refractivity contribution < 1.29 is 55.6 Å². The number of pyridine rings is 1. The van der Waals surface area contributed by atoms with E-state index in [9.17, 15) is 26.3 Å². The second-order valence-corrected chi connectivity index (χ2v) is 9.91. The topological polar surface area (TPSA) is 122 Å². The fraction of sp³-hybridized carbons (Fsp3) is 0.583. The normalized spacial score (nSPS) is 18.7. The van der Waals surface area contributed by atoms with E-state index >= 15 is 0 Å². The average Bonchev–Trinajstić information content (AvgIpc) is 3.46. The van der Waals surface area contributed by atoms with E-state index < -0.39 is 24.3 Å². The lowest BCUT2D eigenvalue weighted by Gasteiger charge is -2.42. The van der Waals surface area contributed by atoms with Crippen molar-refractivity contribution in [3.8, 4) is 5.75 Å². The van der Waals surface area contributed by atoms with Gasteiger partial charge in [-0.05, 0) is 50.7 Å². The Hall–Kier alpha value is -2.98. The van der Waals surface area contributed by atoms with Crippen LogP contribution in [0.1, 0.15) is 36.3 Å². The van der Waals surface area contributed by atoms with E-state index in [0.29, 0.717) is 5.92 Å². The first-order chi connectivity index (χ1) is 18.6. The summed E-state index contributed by atoms with van der Waals surface area (Å²) in [7, 11) is 0. The number of aryl methyl sites for hydroxylation is 1. The maximum Gasteiger partial charge on any atom is 0.490 e. The van der Waals surface area contributed by atoms with Crippen LogP contribution in [0.25, 0.3) is 0 Å². The van der Waals surface area contributed by atoms with Crippen molar-refractivity contribution in [2.45, 2.75) is 57.1 Å². The van der Waals surface area contributed by atoms with Crippen LogP contribution >= 0.6 is 11.3 Å². The summed E-state index contributed by atoms with van der Waals surface area (Å²) in [6.07, 6.45) is -2.15. The zero-order chi connectivity index (χ0) is 30.0. The van der Waals surface area contributed by atoms with Crippen LogP contribution in [-0.4, -0.2) is 81.3 Å².